The molecule has 1 aromatic carbocycles. The van der Waals surface area contributed by atoms with E-state index >= 15 is 0 Å². The van der Waals surface area contributed by atoms with Crippen molar-refractivity contribution in [2.75, 3.05) is 13.1 Å². The summed E-state index contributed by atoms with van der Waals surface area (Å²) in [5.41, 5.74) is 2.16. The molecule has 1 aliphatic rings. The highest BCUT2D eigenvalue weighted by Crippen LogP contribution is 2.22. The number of benzene rings is 1. The van der Waals surface area contributed by atoms with Gasteiger partial charge < -0.3 is 15.3 Å². The zero-order valence-corrected chi connectivity index (χ0v) is 11.8. The van der Waals surface area contributed by atoms with Gasteiger partial charge in [-0.25, -0.2) is 4.79 Å². The minimum Gasteiger partial charge on any atom is -0.478 e. The van der Waals surface area contributed by atoms with Crippen LogP contribution >= 0.6 is 0 Å². The third-order valence-electron chi connectivity index (χ3n) is 3.51. The van der Waals surface area contributed by atoms with Crippen LogP contribution in [-0.2, 0) is 17.8 Å². The summed E-state index contributed by atoms with van der Waals surface area (Å²) in [6.45, 7) is 5.40. The number of amides is 1. The molecule has 2 N–H and O–H groups in total. The fraction of sp³-hybridized carbons (Fsp3) is 0.467. The lowest BCUT2D eigenvalue weighted by Gasteiger charge is -2.30. The quantitative estimate of drug-likeness (QED) is 0.869. The molecule has 0 saturated heterocycles. The molecule has 0 radical (unpaired) electrons. The number of hydrogen-bond acceptors (Lipinski definition) is 3. The summed E-state index contributed by atoms with van der Waals surface area (Å²) in [6.07, 6.45) is 0.602. The average molecular weight is 276 g/mol. The van der Waals surface area contributed by atoms with E-state index in [-0.39, 0.29) is 11.9 Å². The fourth-order valence-corrected chi connectivity index (χ4v) is 2.43. The standard InChI is InChI=1S/C15H20N2O3/c1-10(2)16-8-14(18)17-7-6-12-11(9-17)4-3-5-13(12)15(19)20/h3-5,10,16H,6-9H2,1-2H3,(H,19,20). The predicted molar refractivity (Wildman–Crippen MR) is 75.7 cm³/mol. The van der Waals surface area contributed by atoms with Crippen LogP contribution in [0.5, 0.6) is 0 Å². The van der Waals surface area contributed by atoms with Crippen LogP contribution in [0.1, 0.15) is 35.3 Å². The predicted octanol–water partition coefficient (Wildman–Crippen LogP) is 1.27. The summed E-state index contributed by atoms with van der Waals surface area (Å²) >= 11 is 0. The Morgan fingerprint density at radius 2 is 2.15 bits per heavy atom. The van der Waals surface area contributed by atoms with Crippen molar-refractivity contribution in [3.63, 3.8) is 0 Å². The molecule has 1 heterocycles. The third-order valence-corrected chi connectivity index (χ3v) is 3.51. The highest BCUT2D eigenvalue weighted by Gasteiger charge is 2.23. The summed E-state index contributed by atoms with van der Waals surface area (Å²) in [5.74, 6) is -0.840. The Bertz CT molecular complexity index is 526. The second-order valence-electron chi connectivity index (χ2n) is 5.35. The molecule has 1 amide bonds. The number of fused-ring (bicyclic) bond motifs is 1. The van der Waals surface area contributed by atoms with Gasteiger partial charge in [-0.1, -0.05) is 26.0 Å². The molecule has 1 aliphatic heterocycles. The lowest BCUT2D eigenvalue weighted by molar-refractivity contribution is -0.131. The van der Waals surface area contributed by atoms with E-state index in [1.54, 1.807) is 17.0 Å². The summed E-state index contributed by atoms with van der Waals surface area (Å²) in [6, 6.07) is 5.54. The topological polar surface area (TPSA) is 69.6 Å². The number of rotatable bonds is 4. The summed E-state index contributed by atoms with van der Waals surface area (Å²) in [7, 11) is 0. The molecule has 108 valence electrons. The van der Waals surface area contributed by atoms with Crippen molar-refractivity contribution < 1.29 is 14.7 Å². The smallest absolute Gasteiger partial charge is 0.335 e. The van der Waals surface area contributed by atoms with Gasteiger partial charge in [0.15, 0.2) is 0 Å². The van der Waals surface area contributed by atoms with Crippen LogP contribution in [0.15, 0.2) is 18.2 Å². The highest BCUT2D eigenvalue weighted by molar-refractivity contribution is 5.90. The molecule has 0 unspecified atom stereocenters. The first-order valence-electron chi connectivity index (χ1n) is 6.84. The van der Waals surface area contributed by atoms with Crippen LogP contribution in [0.2, 0.25) is 0 Å². The zero-order chi connectivity index (χ0) is 14.7. The molecule has 0 aromatic heterocycles. The Morgan fingerprint density at radius 3 is 2.80 bits per heavy atom. The molecular weight excluding hydrogens is 256 g/mol. The number of hydrogen-bond donors (Lipinski definition) is 2. The minimum absolute atomic E-state index is 0.0603. The number of carbonyl (C=O) groups excluding carboxylic acids is 1. The average Bonchev–Trinajstić information content (AvgIpc) is 2.43. The number of nitrogens with one attached hydrogen (secondary N) is 1. The Labute approximate surface area is 118 Å². The number of carboxylic acids is 1. The second kappa shape index (κ2) is 6.05. The normalized spacial score (nSPS) is 14.2. The van der Waals surface area contributed by atoms with Crippen molar-refractivity contribution in [3.05, 3.63) is 34.9 Å². The van der Waals surface area contributed by atoms with E-state index in [1.165, 1.54) is 0 Å². The Morgan fingerprint density at radius 1 is 1.40 bits per heavy atom. The van der Waals surface area contributed by atoms with Crippen molar-refractivity contribution in [1.82, 2.24) is 10.2 Å². The largest absolute Gasteiger partial charge is 0.478 e. The van der Waals surface area contributed by atoms with Crippen LogP contribution in [0, 0.1) is 0 Å². The van der Waals surface area contributed by atoms with E-state index in [0.717, 1.165) is 11.1 Å². The van der Waals surface area contributed by atoms with E-state index in [1.807, 2.05) is 19.9 Å². The molecule has 0 atom stereocenters. The van der Waals surface area contributed by atoms with Crippen molar-refractivity contribution in [3.8, 4) is 0 Å². The van der Waals surface area contributed by atoms with Gasteiger partial charge in [0.05, 0.1) is 12.1 Å². The third kappa shape index (κ3) is 3.17. The molecule has 5 heteroatoms. The van der Waals surface area contributed by atoms with Gasteiger partial charge in [0, 0.05) is 19.1 Å². The molecule has 0 aliphatic carbocycles. The van der Waals surface area contributed by atoms with Crippen molar-refractivity contribution >= 4 is 11.9 Å². The van der Waals surface area contributed by atoms with Gasteiger partial charge in [0.2, 0.25) is 5.91 Å². The zero-order valence-electron chi connectivity index (χ0n) is 11.8. The van der Waals surface area contributed by atoms with E-state index in [9.17, 15) is 14.7 Å². The van der Waals surface area contributed by atoms with Gasteiger partial charge in [-0.15, -0.1) is 0 Å². The fourth-order valence-electron chi connectivity index (χ4n) is 2.43. The summed E-state index contributed by atoms with van der Waals surface area (Å²) < 4.78 is 0. The monoisotopic (exact) mass is 276 g/mol. The highest BCUT2D eigenvalue weighted by atomic mass is 16.4. The molecule has 0 bridgehead atoms. The molecule has 20 heavy (non-hydrogen) atoms. The SMILES string of the molecule is CC(C)NCC(=O)N1CCc2c(cccc2C(=O)O)C1. The molecule has 0 spiro atoms. The van der Waals surface area contributed by atoms with E-state index in [0.29, 0.717) is 31.6 Å². The van der Waals surface area contributed by atoms with Gasteiger partial charge in [-0.05, 0) is 23.6 Å². The van der Waals surface area contributed by atoms with Crippen LogP contribution in [-0.4, -0.2) is 41.0 Å². The van der Waals surface area contributed by atoms with E-state index < -0.39 is 5.97 Å². The first-order chi connectivity index (χ1) is 9.49. The second-order valence-corrected chi connectivity index (χ2v) is 5.35. The van der Waals surface area contributed by atoms with Gasteiger partial charge in [0.25, 0.3) is 0 Å². The van der Waals surface area contributed by atoms with Gasteiger partial charge in [-0.2, -0.15) is 0 Å². The number of aromatic carboxylic acids is 1. The van der Waals surface area contributed by atoms with Crippen LogP contribution < -0.4 is 5.32 Å². The van der Waals surface area contributed by atoms with Crippen molar-refractivity contribution in [1.29, 1.82) is 0 Å². The Balaban J connectivity index is 2.10. The minimum atomic E-state index is -0.900. The number of carbonyl (C=O) groups is 2. The maximum atomic E-state index is 12.1. The molecule has 1 aromatic rings. The maximum Gasteiger partial charge on any atom is 0.335 e. The molecule has 0 saturated carbocycles. The number of nitrogens with zero attached hydrogens (tertiary/aromatic N) is 1. The van der Waals surface area contributed by atoms with Gasteiger partial charge in [0.1, 0.15) is 0 Å². The van der Waals surface area contributed by atoms with Crippen LogP contribution in [0.4, 0.5) is 0 Å². The van der Waals surface area contributed by atoms with Crippen molar-refractivity contribution in [2.45, 2.75) is 32.9 Å². The van der Waals surface area contributed by atoms with E-state index in [2.05, 4.69) is 5.32 Å². The Hall–Kier alpha value is -1.88. The van der Waals surface area contributed by atoms with Gasteiger partial charge >= 0.3 is 5.97 Å². The van der Waals surface area contributed by atoms with Crippen molar-refractivity contribution in [2.24, 2.45) is 0 Å². The van der Waals surface area contributed by atoms with Crippen LogP contribution in [0.3, 0.4) is 0 Å². The summed E-state index contributed by atoms with van der Waals surface area (Å²) in [5, 5.41) is 12.3. The number of carboxylic acid groups (broad SMARTS) is 1. The molecule has 0 fully saturated rings. The lowest BCUT2D eigenvalue weighted by Crippen LogP contribution is -2.42. The first kappa shape index (κ1) is 14.5. The Kier molecular flexibility index (Phi) is 4.39. The first-order valence-corrected chi connectivity index (χ1v) is 6.84. The summed E-state index contributed by atoms with van der Waals surface area (Å²) in [4.78, 5) is 25.0. The van der Waals surface area contributed by atoms with E-state index in [4.69, 9.17) is 0 Å². The lowest BCUT2D eigenvalue weighted by atomic mass is 9.94. The molecule has 5 nitrogen and oxygen atoms in total. The molecule has 2 rings (SSSR count). The van der Waals surface area contributed by atoms with Gasteiger partial charge in [-0.3, -0.25) is 4.79 Å². The maximum absolute atomic E-state index is 12.1. The van der Waals surface area contributed by atoms with Crippen LogP contribution in [0.25, 0.3) is 0 Å². The molecular formula is C15H20N2O3.